The zero-order valence-electron chi connectivity index (χ0n) is 14.8. The molecule has 1 aliphatic heterocycles. The molecule has 146 valence electrons. The van der Waals surface area contributed by atoms with Crippen molar-refractivity contribution in [1.29, 1.82) is 0 Å². The highest BCUT2D eigenvalue weighted by molar-refractivity contribution is 7.09. The first-order valence-corrected chi connectivity index (χ1v) is 9.37. The summed E-state index contributed by atoms with van der Waals surface area (Å²) in [6, 6.07) is 4.24. The number of thiazole rings is 1. The van der Waals surface area contributed by atoms with Crippen LogP contribution in [0, 0.1) is 0 Å². The van der Waals surface area contributed by atoms with Crippen molar-refractivity contribution < 1.29 is 22.7 Å². The Hall–Kier alpha value is -1.97. The summed E-state index contributed by atoms with van der Waals surface area (Å²) in [4.78, 5) is 20.7. The molecule has 0 atom stereocenters. The minimum absolute atomic E-state index is 0.217. The Kier molecular flexibility index (Phi) is 6.13. The number of carbonyl (C=O) groups excluding carboxylic acids is 1. The molecule has 9 heteroatoms. The molecular weight excluding hydrogens is 379 g/mol. The second-order valence-electron chi connectivity index (χ2n) is 6.36. The van der Waals surface area contributed by atoms with Gasteiger partial charge in [0.1, 0.15) is 5.01 Å². The van der Waals surface area contributed by atoms with Crippen LogP contribution >= 0.6 is 11.3 Å². The van der Waals surface area contributed by atoms with Gasteiger partial charge in [-0.15, -0.1) is 11.3 Å². The van der Waals surface area contributed by atoms with Gasteiger partial charge in [0.15, 0.2) is 0 Å². The SMILES string of the molecule is CN(Cc1csc(CN2CCOCC2)n1)C(=O)c1ccc(C(F)(F)F)cc1. The maximum absolute atomic E-state index is 12.6. The lowest BCUT2D eigenvalue weighted by atomic mass is 10.1. The van der Waals surface area contributed by atoms with Gasteiger partial charge < -0.3 is 9.64 Å². The molecule has 0 bridgehead atoms. The average Bonchev–Trinajstić information content (AvgIpc) is 3.08. The van der Waals surface area contributed by atoms with E-state index in [4.69, 9.17) is 4.74 Å². The van der Waals surface area contributed by atoms with Crippen LogP contribution in [0.4, 0.5) is 13.2 Å². The molecule has 2 heterocycles. The van der Waals surface area contributed by atoms with Crippen molar-refractivity contribution in [3.8, 4) is 0 Å². The van der Waals surface area contributed by atoms with E-state index >= 15 is 0 Å². The summed E-state index contributed by atoms with van der Waals surface area (Å²) in [5.74, 6) is -0.341. The van der Waals surface area contributed by atoms with Crippen molar-refractivity contribution in [2.45, 2.75) is 19.3 Å². The lowest BCUT2D eigenvalue weighted by Gasteiger charge is -2.25. The molecule has 0 spiro atoms. The first kappa shape index (κ1) is 19.8. The molecule has 27 heavy (non-hydrogen) atoms. The van der Waals surface area contributed by atoms with Gasteiger partial charge in [-0.3, -0.25) is 9.69 Å². The van der Waals surface area contributed by atoms with Crippen molar-refractivity contribution in [2.24, 2.45) is 0 Å². The molecule has 5 nitrogen and oxygen atoms in total. The number of benzene rings is 1. The summed E-state index contributed by atoms with van der Waals surface area (Å²) in [6.45, 7) is 4.26. The van der Waals surface area contributed by atoms with Crippen LogP contribution in [0.2, 0.25) is 0 Å². The van der Waals surface area contributed by atoms with E-state index < -0.39 is 11.7 Å². The van der Waals surface area contributed by atoms with Crippen LogP contribution < -0.4 is 0 Å². The smallest absolute Gasteiger partial charge is 0.379 e. The van der Waals surface area contributed by atoms with Gasteiger partial charge in [0.25, 0.3) is 5.91 Å². The van der Waals surface area contributed by atoms with Crippen molar-refractivity contribution >= 4 is 17.2 Å². The van der Waals surface area contributed by atoms with E-state index in [0.717, 1.165) is 55.7 Å². The van der Waals surface area contributed by atoms with Crippen LogP contribution in [0.25, 0.3) is 0 Å². The maximum atomic E-state index is 12.6. The Morgan fingerprint density at radius 2 is 1.93 bits per heavy atom. The fourth-order valence-electron chi connectivity index (χ4n) is 2.78. The molecule has 0 aliphatic carbocycles. The van der Waals surface area contributed by atoms with Gasteiger partial charge >= 0.3 is 6.18 Å². The summed E-state index contributed by atoms with van der Waals surface area (Å²) in [5, 5.41) is 2.88. The molecule has 1 aliphatic rings. The van der Waals surface area contributed by atoms with Crippen molar-refractivity contribution in [3.05, 3.63) is 51.5 Å². The van der Waals surface area contributed by atoms with E-state index in [2.05, 4.69) is 9.88 Å². The number of rotatable bonds is 5. The number of alkyl halides is 3. The van der Waals surface area contributed by atoms with Gasteiger partial charge in [0.05, 0.1) is 37.6 Å². The van der Waals surface area contributed by atoms with E-state index in [1.807, 2.05) is 5.38 Å². The summed E-state index contributed by atoms with van der Waals surface area (Å²) >= 11 is 1.54. The molecule has 0 unspecified atom stereocenters. The fraction of sp³-hybridized carbons (Fsp3) is 0.444. The molecular formula is C18H20F3N3O2S. The monoisotopic (exact) mass is 399 g/mol. The molecule has 0 N–H and O–H groups in total. The normalized spacial score (nSPS) is 15.7. The van der Waals surface area contributed by atoms with E-state index in [0.29, 0.717) is 6.54 Å². The lowest BCUT2D eigenvalue weighted by molar-refractivity contribution is -0.137. The highest BCUT2D eigenvalue weighted by Crippen LogP contribution is 2.29. The first-order valence-electron chi connectivity index (χ1n) is 8.49. The summed E-state index contributed by atoms with van der Waals surface area (Å²) in [6.07, 6.45) is -4.41. The average molecular weight is 399 g/mol. The molecule has 3 rings (SSSR count). The van der Waals surface area contributed by atoms with Gasteiger partial charge in [-0.1, -0.05) is 0 Å². The highest BCUT2D eigenvalue weighted by atomic mass is 32.1. The van der Waals surface area contributed by atoms with Gasteiger partial charge in [0, 0.05) is 31.1 Å². The number of amides is 1. The summed E-state index contributed by atoms with van der Waals surface area (Å²) in [7, 11) is 1.61. The number of aromatic nitrogens is 1. The largest absolute Gasteiger partial charge is 0.416 e. The predicted molar refractivity (Wildman–Crippen MR) is 95.5 cm³/mol. The predicted octanol–water partition coefficient (Wildman–Crippen LogP) is 3.27. The van der Waals surface area contributed by atoms with E-state index in [9.17, 15) is 18.0 Å². The van der Waals surface area contributed by atoms with Crippen LogP contribution in [0.1, 0.15) is 26.6 Å². The minimum atomic E-state index is -4.41. The van der Waals surface area contributed by atoms with Crippen LogP contribution in [0.15, 0.2) is 29.6 Å². The van der Waals surface area contributed by atoms with Gasteiger partial charge in [-0.2, -0.15) is 13.2 Å². The highest BCUT2D eigenvalue weighted by Gasteiger charge is 2.30. The second kappa shape index (κ2) is 8.37. The maximum Gasteiger partial charge on any atom is 0.416 e. The number of hydrogen-bond donors (Lipinski definition) is 0. The quantitative estimate of drug-likeness (QED) is 0.774. The number of morpholine rings is 1. The Morgan fingerprint density at radius 1 is 1.26 bits per heavy atom. The fourth-order valence-corrected chi connectivity index (χ4v) is 3.61. The molecule has 2 aromatic rings. The van der Waals surface area contributed by atoms with E-state index in [-0.39, 0.29) is 11.5 Å². The molecule has 1 aromatic carbocycles. The van der Waals surface area contributed by atoms with Crippen molar-refractivity contribution in [3.63, 3.8) is 0 Å². The van der Waals surface area contributed by atoms with Crippen LogP contribution in [0.5, 0.6) is 0 Å². The first-order chi connectivity index (χ1) is 12.8. The van der Waals surface area contributed by atoms with Crippen LogP contribution in [-0.4, -0.2) is 54.0 Å². The number of ether oxygens (including phenoxy) is 1. The molecule has 1 fully saturated rings. The third-order valence-electron chi connectivity index (χ3n) is 4.27. The second-order valence-corrected chi connectivity index (χ2v) is 7.30. The topological polar surface area (TPSA) is 45.7 Å². The zero-order chi connectivity index (χ0) is 19.4. The van der Waals surface area contributed by atoms with Gasteiger partial charge in [-0.25, -0.2) is 4.98 Å². The number of carbonyl (C=O) groups is 1. The third-order valence-corrected chi connectivity index (χ3v) is 5.15. The Morgan fingerprint density at radius 3 is 2.56 bits per heavy atom. The number of hydrogen-bond acceptors (Lipinski definition) is 5. The van der Waals surface area contributed by atoms with Crippen molar-refractivity contribution in [1.82, 2.24) is 14.8 Å². The zero-order valence-corrected chi connectivity index (χ0v) is 15.6. The lowest BCUT2D eigenvalue weighted by Crippen LogP contribution is -2.35. The van der Waals surface area contributed by atoms with Crippen LogP contribution in [0.3, 0.4) is 0 Å². The number of nitrogens with zero attached hydrogens (tertiary/aromatic N) is 3. The van der Waals surface area contributed by atoms with E-state index in [1.165, 1.54) is 17.0 Å². The van der Waals surface area contributed by atoms with Gasteiger partial charge in [-0.05, 0) is 24.3 Å². The molecule has 1 saturated heterocycles. The molecule has 0 saturated carbocycles. The third kappa shape index (κ3) is 5.27. The molecule has 0 radical (unpaired) electrons. The molecule has 1 aromatic heterocycles. The number of halogens is 3. The Bertz CT molecular complexity index is 771. The molecule has 1 amide bonds. The Balaban J connectivity index is 1.58. The van der Waals surface area contributed by atoms with Gasteiger partial charge in [0.2, 0.25) is 0 Å². The summed E-state index contributed by atoms with van der Waals surface area (Å²) < 4.78 is 43.2. The minimum Gasteiger partial charge on any atom is -0.379 e. The standard InChI is InChI=1S/C18H20F3N3O2S/c1-23(17(25)13-2-4-14(5-3-13)18(19,20)21)10-15-12-27-16(22-15)11-24-6-8-26-9-7-24/h2-5,12H,6-11H2,1H3. The van der Waals surface area contributed by atoms with E-state index in [1.54, 1.807) is 18.4 Å². The van der Waals surface area contributed by atoms with Crippen LogP contribution in [-0.2, 0) is 24.0 Å². The summed E-state index contributed by atoms with van der Waals surface area (Å²) in [5.41, 5.74) is 0.217. The Labute approximate surface area is 159 Å². The van der Waals surface area contributed by atoms with Crippen molar-refractivity contribution in [2.75, 3.05) is 33.4 Å².